The molecule has 2 heterocycles. The van der Waals surface area contributed by atoms with Crippen LogP contribution in [-0.2, 0) is 0 Å². The van der Waals surface area contributed by atoms with Gasteiger partial charge in [-0.2, -0.15) is 11.3 Å². The lowest BCUT2D eigenvalue weighted by Gasteiger charge is -2.33. The molecule has 0 saturated carbocycles. The standard InChI is InChI=1S/C10H14N2OS.ClH/c1-8-6-11-3-4-12(8)10(13)9-2-5-14-7-9;/h2,5,7-8,11H,3-4,6H2,1H3;1H/t8-;/m1./s1. The van der Waals surface area contributed by atoms with Crippen LogP contribution >= 0.6 is 23.7 Å². The molecule has 15 heavy (non-hydrogen) atoms. The van der Waals surface area contributed by atoms with Gasteiger partial charge >= 0.3 is 0 Å². The van der Waals surface area contributed by atoms with Gasteiger partial charge in [0.25, 0.3) is 5.91 Å². The zero-order chi connectivity index (χ0) is 9.97. The molecule has 1 aromatic rings. The van der Waals surface area contributed by atoms with Gasteiger partial charge in [-0.15, -0.1) is 12.4 Å². The average Bonchev–Trinajstić information content (AvgIpc) is 2.70. The van der Waals surface area contributed by atoms with Crippen LogP contribution in [0.2, 0.25) is 0 Å². The molecule has 0 unspecified atom stereocenters. The number of halogens is 1. The van der Waals surface area contributed by atoms with E-state index in [9.17, 15) is 4.79 Å². The lowest BCUT2D eigenvalue weighted by Crippen LogP contribution is -2.52. The molecule has 84 valence electrons. The first-order chi connectivity index (χ1) is 6.79. The Morgan fingerprint density at radius 2 is 2.47 bits per heavy atom. The molecule has 3 nitrogen and oxygen atoms in total. The Morgan fingerprint density at radius 3 is 3.07 bits per heavy atom. The first-order valence-electron chi connectivity index (χ1n) is 4.83. The topological polar surface area (TPSA) is 32.3 Å². The number of thiophene rings is 1. The number of hydrogen-bond donors (Lipinski definition) is 1. The van der Waals surface area contributed by atoms with Gasteiger partial charge in [-0.25, -0.2) is 0 Å². The summed E-state index contributed by atoms with van der Waals surface area (Å²) in [4.78, 5) is 13.9. The maximum absolute atomic E-state index is 12.0. The molecule has 0 spiro atoms. The first kappa shape index (κ1) is 12.5. The van der Waals surface area contributed by atoms with Crippen molar-refractivity contribution in [2.75, 3.05) is 19.6 Å². The molecule has 0 bridgehead atoms. The van der Waals surface area contributed by atoms with Gasteiger partial charge in [-0.05, 0) is 18.4 Å². The van der Waals surface area contributed by atoms with E-state index in [4.69, 9.17) is 0 Å². The van der Waals surface area contributed by atoms with E-state index in [2.05, 4.69) is 12.2 Å². The zero-order valence-electron chi connectivity index (χ0n) is 8.60. The summed E-state index contributed by atoms with van der Waals surface area (Å²) in [5.74, 6) is 0.167. The van der Waals surface area contributed by atoms with Crippen molar-refractivity contribution in [2.45, 2.75) is 13.0 Å². The van der Waals surface area contributed by atoms with Crippen molar-refractivity contribution in [3.63, 3.8) is 0 Å². The molecule has 0 aliphatic carbocycles. The summed E-state index contributed by atoms with van der Waals surface area (Å²) in [5.41, 5.74) is 0.823. The lowest BCUT2D eigenvalue weighted by molar-refractivity contribution is 0.0656. The van der Waals surface area contributed by atoms with Crippen LogP contribution in [0.1, 0.15) is 17.3 Å². The molecule has 2 rings (SSSR count). The van der Waals surface area contributed by atoms with Crippen LogP contribution in [0.25, 0.3) is 0 Å². The summed E-state index contributed by atoms with van der Waals surface area (Å²) in [7, 11) is 0. The quantitative estimate of drug-likeness (QED) is 0.817. The SMILES string of the molecule is C[C@@H]1CNCCN1C(=O)c1ccsc1.Cl. The Balaban J connectivity index is 0.00000112. The fourth-order valence-corrected chi connectivity index (χ4v) is 2.32. The van der Waals surface area contributed by atoms with Crippen LogP contribution in [0.4, 0.5) is 0 Å². The Labute approximate surface area is 99.9 Å². The van der Waals surface area contributed by atoms with E-state index < -0.39 is 0 Å². The van der Waals surface area contributed by atoms with Crippen LogP contribution < -0.4 is 5.32 Å². The predicted octanol–water partition coefficient (Wildman–Crippen LogP) is 1.60. The third-order valence-electron chi connectivity index (χ3n) is 2.53. The van der Waals surface area contributed by atoms with E-state index in [-0.39, 0.29) is 18.3 Å². The van der Waals surface area contributed by atoms with Crippen LogP contribution in [0, 0.1) is 0 Å². The number of nitrogens with one attached hydrogen (secondary N) is 1. The summed E-state index contributed by atoms with van der Waals surface area (Å²) >= 11 is 1.57. The van der Waals surface area contributed by atoms with Gasteiger partial charge in [0.1, 0.15) is 0 Å². The minimum Gasteiger partial charge on any atom is -0.333 e. The number of carbonyl (C=O) groups is 1. The van der Waals surface area contributed by atoms with Gasteiger partial charge in [0.15, 0.2) is 0 Å². The van der Waals surface area contributed by atoms with E-state index in [1.807, 2.05) is 21.7 Å². The fourth-order valence-electron chi connectivity index (χ4n) is 1.69. The van der Waals surface area contributed by atoms with Crippen molar-refractivity contribution in [2.24, 2.45) is 0 Å². The molecule has 1 aromatic heterocycles. The number of piperazine rings is 1. The van der Waals surface area contributed by atoms with Crippen LogP contribution in [0.3, 0.4) is 0 Å². The highest BCUT2D eigenvalue weighted by atomic mass is 35.5. The summed E-state index contributed by atoms with van der Waals surface area (Å²) in [5, 5.41) is 7.13. The Kier molecular flexibility index (Phi) is 4.57. The number of carbonyl (C=O) groups excluding carboxylic acids is 1. The van der Waals surface area contributed by atoms with Crippen LogP contribution in [0.15, 0.2) is 16.8 Å². The van der Waals surface area contributed by atoms with Gasteiger partial charge in [0, 0.05) is 31.1 Å². The molecule has 1 amide bonds. The molecule has 1 fully saturated rings. The van der Waals surface area contributed by atoms with Gasteiger partial charge in [-0.1, -0.05) is 0 Å². The minimum atomic E-state index is 0. The number of nitrogens with zero attached hydrogens (tertiary/aromatic N) is 1. The lowest BCUT2D eigenvalue weighted by atomic mass is 10.2. The third-order valence-corrected chi connectivity index (χ3v) is 3.21. The molecule has 5 heteroatoms. The van der Waals surface area contributed by atoms with Crippen molar-refractivity contribution < 1.29 is 4.79 Å². The molecule has 0 radical (unpaired) electrons. The summed E-state index contributed by atoms with van der Waals surface area (Å²) in [6, 6.07) is 2.19. The highest BCUT2D eigenvalue weighted by molar-refractivity contribution is 7.08. The summed E-state index contributed by atoms with van der Waals surface area (Å²) < 4.78 is 0. The largest absolute Gasteiger partial charge is 0.333 e. The van der Waals surface area contributed by atoms with Crippen molar-refractivity contribution >= 4 is 29.7 Å². The third kappa shape index (κ3) is 2.71. The normalized spacial score (nSPS) is 20.9. The van der Waals surface area contributed by atoms with Gasteiger partial charge in [-0.3, -0.25) is 4.79 Å². The van der Waals surface area contributed by atoms with E-state index in [0.717, 1.165) is 25.2 Å². The molecule has 1 N–H and O–H groups in total. The van der Waals surface area contributed by atoms with E-state index in [1.54, 1.807) is 11.3 Å². The Hall–Kier alpha value is -0.580. The van der Waals surface area contributed by atoms with Crippen molar-refractivity contribution in [1.29, 1.82) is 0 Å². The number of hydrogen-bond acceptors (Lipinski definition) is 3. The number of amides is 1. The second-order valence-electron chi connectivity index (χ2n) is 3.56. The highest BCUT2D eigenvalue weighted by Gasteiger charge is 2.23. The van der Waals surface area contributed by atoms with E-state index >= 15 is 0 Å². The Morgan fingerprint density at radius 1 is 1.67 bits per heavy atom. The zero-order valence-corrected chi connectivity index (χ0v) is 10.2. The molecular formula is C10H15ClN2OS. The smallest absolute Gasteiger partial charge is 0.255 e. The first-order valence-corrected chi connectivity index (χ1v) is 5.77. The highest BCUT2D eigenvalue weighted by Crippen LogP contribution is 2.12. The average molecular weight is 247 g/mol. The van der Waals surface area contributed by atoms with Gasteiger partial charge < -0.3 is 10.2 Å². The van der Waals surface area contributed by atoms with Crippen molar-refractivity contribution in [3.8, 4) is 0 Å². The van der Waals surface area contributed by atoms with E-state index in [1.165, 1.54) is 0 Å². The molecular weight excluding hydrogens is 232 g/mol. The second-order valence-corrected chi connectivity index (χ2v) is 4.34. The number of rotatable bonds is 1. The van der Waals surface area contributed by atoms with Crippen molar-refractivity contribution in [1.82, 2.24) is 10.2 Å². The predicted molar refractivity (Wildman–Crippen MR) is 64.9 cm³/mol. The monoisotopic (exact) mass is 246 g/mol. The summed E-state index contributed by atoms with van der Waals surface area (Å²) in [6.45, 7) is 4.70. The maximum Gasteiger partial charge on any atom is 0.255 e. The fraction of sp³-hybridized carbons (Fsp3) is 0.500. The molecule has 1 atom stereocenters. The van der Waals surface area contributed by atoms with E-state index in [0.29, 0.717) is 6.04 Å². The Bertz CT molecular complexity index is 315. The molecule has 1 aliphatic heterocycles. The molecule has 1 saturated heterocycles. The van der Waals surface area contributed by atoms with Gasteiger partial charge in [0.2, 0.25) is 0 Å². The molecule has 1 aliphatic rings. The van der Waals surface area contributed by atoms with Crippen LogP contribution in [0.5, 0.6) is 0 Å². The summed E-state index contributed by atoms with van der Waals surface area (Å²) in [6.07, 6.45) is 0. The maximum atomic E-state index is 12.0. The van der Waals surface area contributed by atoms with Crippen molar-refractivity contribution in [3.05, 3.63) is 22.4 Å². The second kappa shape index (κ2) is 5.49. The van der Waals surface area contributed by atoms with Gasteiger partial charge in [0.05, 0.1) is 5.56 Å². The minimum absolute atomic E-state index is 0. The molecule has 0 aromatic carbocycles. The van der Waals surface area contributed by atoms with Crippen LogP contribution in [-0.4, -0.2) is 36.5 Å².